The summed E-state index contributed by atoms with van der Waals surface area (Å²) in [6.07, 6.45) is 6.78. The lowest BCUT2D eigenvalue weighted by molar-refractivity contribution is 0.0558. The second-order valence-corrected chi connectivity index (χ2v) is 5.03. The van der Waals surface area contributed by atoms with Crippen LogP contribution in [-0.4, -0.2) is 45.3 Å². The molecule has 0 bridgehead atoms. The Kier molecular flexibility index (Phi) is 3.84. The molecule has 0 atom stereocenters. The minimum atomic E-state index is -0.624. The smallest absolute Gasteiger partial charge is 0.190 e. The van der Waals surface area contributed by atoms with Crippen LogP contribution in [0.1, 0.15) is 31.4 Å². The highest BCUT2D eigenvalue weighted by Crippen LogP contribution is 2.30. The minimum Gasteiger partial charge on any atom is -0.409 e. The van der Waals surface area contributed by atoms with E-state index in [2.05, 4.69) is 15.1 Å². The van der Waals surface area contributed by atoms with Crippen molar-refractivity contribution in [1.29, 1.82) is 0 Å². The summed E-state index contributed by atoms with van der Waals surface area (Å²) < 4.78 is 0. The molecule has 1 aromatic heterocycles. The number of aromatic nitrogens is 2. The fourth-order valence-corrected chi connectivity index (χ4v) is 2.42. The van der Waals surface area contributed by atoms with Gasteiger partial charge in [-0.3, -0.25) is 0 Å². The van der Waals surface area contributed by atoms with E-state index in [1.807, 2.05) is 11.9 Å². The zero-order chi connectivity index (χ0) is 13.9. The van der Waals surface area contributed by atoms with Crippen molar-refractivity contribution in [1.82, 2.24) is 9.97 Å². The first-order chi connectivity index (χ1) is 9.04. The molecule has 0 unspecified atom stereocenters. The molecule has 0 aliphatic heterocycles. The molecule has 1 aliphatic rings. The molecular weight excluding hydrogens is 246 g/mol. The molecule has 4 N–H and O–H groups in total. The van der Waals surface area contributed by atoms with Crippen LogP contribution in [0.5, 0.6) is 0 Å². The third-order valence-electron chi connectivity index (χ3n) is 3.47. The third-order valence-corrected chi connectivity index (χ3v) is 3.47. The number of hydrogen-bond donors (Lipinski definition) is 3. The maximum atomic E-state index is 10.3. The molecule has 0 spiro atoms. The van der Waals surface area contributed by atoms with Gasteiger partial charge in [0.05, 0.1) is 18.0 Å². The third kappa shape index (κ3) is 3.11. The van der Waals surface area contributed by atoms with Gasteiger partial charge in [0.25, 0.3) is 0 Å². The molecule has 1 aromatic rings. The lowest BCUT2D eigenvalue weighted by Crippen LogP contribution is -2.39. The van der Waals surface area contributed by atoms with Crippen LogP contribution in [0.25, 0.3) is 0 Å². The zero-order valence-corrected chi connectivity index (χ0v) is 11.0. The topological polar surface area (TPSA) is 108 Å². The van der Waals surface area contributed by atoms with E-state index in [0.717, 1.165) is 25.7 Å². The van der Waals surface area contributed by atoms with E-state index in [1.165, 1.54) is 6.20 Å². The van der Waals surface area contributed by atoms with Gasteiger partial charge in [0.1, 0.15) is 11.5 Å². The van der Waals surface area contributed by atoms with Crippen molar-refractivity contribution in [2.75, 3.05) is 18.5 Å². The number of amidine groups is 1. The van der Waals surface area contributed by atoms with Gasteiger partial charge in [-0.25, -0.2) is 9.97 Å². The maximum absolute atomic E-state index is 10.3. The van der Waals surface area contributed by atoms with Crippen LogP contribution in [0, 0.1) is 0 Å². The summed E-state index contributed by atoms with van der Waals surface area (Å²) >= 11 is 0. The molecular formula is C12H19N5O2. The Hall–Kier alpha value is -1.89. The monoisotopic (exact) mass is 265 g/mol. The van der Waals surface area contributed by atoms with Gasteiger partial charge >= 0.3 is 0 Å². The van der Waals surface area contributed by atoms with Crippen molar-refractivity contribution >= 4 is 11.7 Å². The molecule has 1 aliphatic carbocycles. The van der Waals surface area contributed by atoms with Crippen LogP contribution in [0.15, 0.2) is 17.5 Å². The second kappa shape index (κ2) is 5.40. The molecule has 19 heavy (non-hydrogen) atoms. The van der Waals surface area contributed by atoms with E-state index >= 15 is 0 Å². The first-order valence-corrected chi connectivity index (χ1v) is 6.27. The lowest BCUT2D eigenvalue weighted by atomic mass is 10.0. The lowest BCUT2D eigenvalue weighted by Gasteiger charge is -2.29. The summed E-state index contributed by atoms with van der Waals surface area (Å²) in [5, 5.41) is 21.7. The largest absolute Gasteiger partial charge is 0.409 e. The molecule has 2 rings (SSSR count). The molecule has 1 fully saturated rings. The molecule has 0 aromatic carbocycles. The summed E-state index contributed by atoms with van der Waals surface area (Å²) in [7, 11) is 1.86. The Morgan fingerprint density at radius 2 is 2.11 bits per heavy atom. The number of oxime groups is 1. The first kappa shape index (κ1) is 13.5. The fourth-order valence-electron chi connectivity index (χ4n) is 2.42. The van der Waals surface area contributed by atoms with Crippen molar-refractivity contribution in [3.8, 4) is 0 Å². The number of rotatable bonds is 4. The molecule has 0 saturated heterocycles. The van der Waals surface area contributed by atoms with E-state index in [4.69, 9.17) is 10.9 Å². The highest BCUT2D eigenvalue weighted by molar-refractivity contribution is 5.94. The van der Waals surface area contributed by atoms with Gasteiger partial charge in [-0.1, -0.05) is 18.0 Å². The maximum Gasteiger partial charge on any atom is 0.190 e. The molecule has 1 heterocycles. The number of likely N-dealkylation sites (N-methyl/N-ethyl adjacent to an activating group) is 1. The van der Waals surface area contributed by atoms with Crippen molar-refractivity contribution in [3.05, 3.63) is 18.1 Å². The van der Waals surface area contributed by atoms with Crippen LogP contribution in [-0.2, 0) is 0 Å². The Labute approximate surface area is 111 Å². The number of nitrogens with two attached hydrogens (primary N) is 1. The normalized spacial score (nSPS) is 18.5. The Balaban J connectivity index is 2.05. The van der Waals surface area contributed by atoms with Crippen LogP contribution in [0.4, 0.5) is 5.82 Å². The minimum absolute atomic E-state index is 0.0730. The van der Waals surface area contributed by atoms with Gasteiger partial charge < -0.3 is 20.9 Å². The quantitative estimate of drug-likeness (QED) is 0.313. The van der Waals surface area contributed by atoms with Gasteiger partial charge in [0, 0.05) is 13.6 Å². The number of anilines is 1. The van der Waals surface area contributed by atoms with Crippen molar-refractivity contribution < 1.29 is 10.3 Å². The Morgan fingerprint density at radius 3 is 2.63 bits per heavy atom. The predicted molar refractivity (Wildman–Crippen MR) is 71.2 cm³/mol. The van der Waals surface area contributed by atoms with Gasteiger partial charge in [0.15, 0.2) is 5.84 Å². The zero-order valence-electron chi connectivity index (χ0n) is 11.0. The van der Waals surface area contributed by atoms with Crippen LogP contribution in [0.3, 0.4) is 0 Å². The van der Waals surface area contributed by atoms with Crippen LogP contribution in [0.2, 0.25) is 0 Å². The summed E-state index contributed by atoms with van der Waals surface area (Å²) in [6.45, 7) is 0.532. The van der Waals surface area contributed by atoms with Crippen molar-refractivity contribution in [3.63, 3.8) is 0 Å². The first-order valence-electron chi connectivity index (χ1n) is 6.27. The average molecular weight is 265 g/mol. The van der Waals surface area contributed by atoms with Gasteiger partial charge in [0.2, 0.25) is 0 Å². The summed E-state index contributed by atoms with van der Waals surface area (Å²) in [5.74, 6) is 0.575. The van der Waals surface area contributed by atoms with E-state index in [1.54, 1.807) is 6.20 Å². The van der Waals surface area contributed by atoms with Crippen molar-refractivity contribution in [2.45, 2.75) is 31.3 Å². The predicted octanol–water partition coefficient (Wildman–Crippen LogP) is 0.312. The van der Waals surface area contributed by atoms with Crippen LogP contribution >= 0.6 is 0 Å². The van der Waals surface area contributed by atoms with Gasteiger partial charge in [-0.15, -0.1) is 0 Å². The number of nitrogens with zero attached hydrogens (tertiary/aromatic N) is 4. The molecule has 1 saturated carbocycles. The standard InChI is InChI=1S/C12H19N5O2/c1-17(8-12(18)4-2-3-5-12)10-7-14-9(6-15-10)11(13)16-19/h6-7,18-19H,2-5,8H2,1H3,(H2,13,16). The van der Waals surface area contributed by atoms with Gasteiger partial charge in [-0.05, 0) is 12.8 Å². The van der Waals surface area contributed by atoms with Gasteiger partial charge in [-0.2, -0.15) is 0 Å². The molecule has 7 heteroatoms. The molecule has 0 amide bonds. The van der Waals surface area contributed by atoms with E-state index in [-0.39, 0.29) is 5.84 Å². The fraction of sp³-hybridized carbons (Fsp3) is 0.583. The van der Waals surface area contributed by atoms with Crippen LogP contribution < -0.4 is 10.6 Å². The van der Waals surface area contributed by atoms with E-state index in [0.29, 0.717) is 18.1 Å². The van der Waals surface area contributed by atoms with E-state index in [9.17, 15) is 5.11 Å². The Bertz CT molecular complexity index is 454. The molecule has 7 nitrogen and oxygen atoms in total. The van der Waals surface area contributed by atoms with Crippen molar-refractivity contribution in [2.24, 2.45) is 10.9 Å². The summed E-state index contributed by atoms with van der Waals surface area (Å²) in [6, 6.07) is 0. The molecule has 104 valence electrons. The summed E-state index contributed by atoms with van der Waals surface area (Å²) in [5.41, 5.74) is 5.11. The second-order valence-electron chi connectivity index (χ2n) is 5.03. The number of hydrogen-bond acceptors (Lipinski definition) is 6. The highest BCUT2D eigenvalue weighted by atomic mass is 16.4. The highest BCUT2D eigenvalue weighted by Gasteiger charge is 2.32. The number of aliphatic hydroxyl groups is 1. The molecule has 0 radical (unpaired) electrons. The Morgan fingerprint density at radius 1 is 1.42 bits per heavy atom. The average Bonchev–Trinajstić information content (AvgIpc) is 2.84. The summed E-state index contributed by atoms with van der Waals surface area (Å²) in [4.78, 5) is 10.1. The SMILES string of the molecule is CN(CC1(O)CCCC1)c1cnc(C(N)=NO)cn1. The van der Waals surface area contributed by atoms with E-state index < -0.39 is 5.60 Å².